The largest absolute Gasteiger partial charge is 0.435 e. The van der Waals surface area contributed by atoms with Crippen LogP contribution in [0.15, 0.2) is 12.3 Å². The highest BCUT2D eigenvalue weighted by Crippen LogP contribution is 2.28. The first-order valence-electron chi connectivity index (χ1n) is 4.68. The van der Waals surface area contributed by atoms with Crippen LogP contribution in [0.4, 0.5) is 13.2 Å². The molecule has 0 saturated carbocycles. The van der Waals surface area contributed by atoms with Gasteiger partial charge in [-0.3, -0.25) is 4.68 Å². The Balaban J connectivity index is 2.76. The molecule has 0 radical (unpaired) electrons. The maximum Gasteiger partial charge on any atom is 0.435 e. The Hall–Kier alpha value is -1.04. The molecule has 1 aromatic rings. The van der Waals surface area contributed by atoms with E-state index in [1.807, 2.05) is 6.92 Å². The summed E-state index contributed by atoms with van der Waals surface area (Å²) >= 11 is 0. The number of alkyl halides is 3. The summed E-state index contributed by atoms with van der Waals surface area (Å²) in [7, 11) is 0. The zero-order chi connectivity index (χ0) is 11.6. The van der Waals surface area contributed by atoms with Crippen LogP contribution in [-0.2, 0) is 6.18 Å². The number of hydrogen-bond donors (Lipinski definition) is 1. The van der Waals surface area contributed by atoms with E-state index in [2.05, 4.69) is 5.10 Å². The highest BCUT2D eigenvalue weighted by Gasteiger charge is 2.33. The number of aromatic nitrogens is 2. The van der Waals surface area contributed by atoms with Gasteiger partial charge in [-0.2, -0.15) is 18.3 Å². The first-order chi connectivity index (χ1) is 6.80. The molecule has 0 spiro atoms. The van der Waals surface area contributed by atoms with Crippen LogP contribution in [0.5, 0.6) is 0 Å². The zero-order valence-corrected chi connectivity index (χ0v) is 8.62. The van der Waals surface area contributed by atoms with Crippen molar-refractivity contribution in [3.63, 3.8) is 0 Å². The molecule has 3 nitrogen and oxygen atoms in total. The molecule has 2 unspecified atom stereocenters. The number of nitrogens with zero attached hydrogens (tertiary/aromatic N) is 2. The van der Waals surface area contributed by atoms with E-state index in [-0.39, 0.29) is 12.1 Å². The summed E-state index contributed by atoms with van der Waals surface area (Å²) in [6.07, 6.45) is -2.45. The molecule has 2 atom stereocenters. The van der Waals surface area contributed by atoms with E-state index < -0.39 is 11.9 Å². The minimum atomic E-state index is -4.38. The molecule has 0 amide bonds. The van der Waals surface area contributed by atoms with E-state index >= 15 is 0 Å². The van der Waals surface area contributed by atoms with Gasteiger partial charge in [0.1, 0.15) is 0 Å². The van der Waals surface area contributed by atoms with Crippen LogP contribution in [0.3, 0.4) is 0 Å². The van der Waals surface area contributed by atoms with Crippen LogP contribution in [-0.4, -0.2) is 15.8 Å². The van der Waals surface area contributed by atoms with E-state index in [4.69, 9.17) is 5.73 Å². The Bertz CT molecular complexity index is 317. The second-order valence-corrected chi connectivity index (χ2v) is 3.74. The third kappa shape index (κ3) is 3.23. The van der Waals surface area contributed by atoms with Gasteiger partial charge in [-0.05, 0) is 26.3 Å². The van der Waals surface area contributed by atoms with Crippen LogP contribution in [0.25, 0.3) is 0 Å². The van der Waals surface area contributed by atoms with Gasteiger partial charge in [0.15, 0.2) is 5.69 Å². The van der Waals surface area contributed by atoms with E-state index in [1.165, 1.54) is 10.9 Å². The molecule has 0 aliphatic carbocycles. The monoisotopic (exact) mass is 221 g/mol. The fraction of sp³-hybridized carbons (Fsp3) is 0.667. The van der Waals surface area contributed by atoms with Gasteiger partial charge in [0.25, 0.3) is 0 Å². The van der Waals surface area contributed by atoms with Crippen molar-refractivity contribution in [2.45, 2.75) is 38.5 Å². The highest BCUT2D eigenvalue weighted by molar-refractivity contribution is 5.03. The molecule has 0 bridgehead atoms. The Morgan fingerprint density at radius 3 is 2.47 bits per heavy atom. The average Bonchev–Trinajstić information content (AvgIpc) is 2.48. The van der Waals surface area contributed by atoms with Crippen molar-refractivity contribution in [2.24, 2.45) is 5.73 Å². The number of rotatable bonds is 3. The molecule has 0 aromatic carbocycles. The second-order valence-electron chi connectivity index (χ2n) is 3.74. The molecule has 0 aliphatic rings. The lowest BCUT2D eigenvalue weighted by Gasteiger charge is -2.14. The lowest BCUT2D eigenvalue weighted by molar-refractivity contribution is -0.141. The second kappa shape index (κ2) is 4.22. The number of hydrogen-bond acceptors (Lipinski definition) is 2. The Kier molecular flexibility index (Phi) is 3.38. The van der Waals surface area contributed by atoms with Gasteiger partial charge >= 0.3 is 6.18 Å². The average molecular weight is 221 g/mol. The Labute approximate surface area is 86.1 Å². The molecule has 86 valence electrons. The van der Waals surface area contributed by atoms with Gasteiger partial charge in [-0.25, -0.2) is 0 Å². The van der Waals surface area contributed by atoms with Crippen LogP contribution in [0, 0.1) is 0 Å². The van der Waals surface area contributed by atoms with Crippen molar-refractivity contribution in [1.82, 2.24) is 9.78 Å². The minimum Gasteiger partial charge on any atom is -0.328 e. The summed E-state index contributed by atoms with van der Waals surface area (Å²) < 4.78 is 38.0. The highest BCUT2D eigenvalue weighted by atomic mass is 19.4. The fourth-order valence-electron chi connectivity index (χ4n) is 1.38. The molecular weight excluding hydrogens is 207 g/mol. The predicted octanol–water partition coefficient (Wildman–Crippen LogP) is 2.20. The van der Waals surface area contributed by atoms with Gasteiger partial charge in [0, 0.05) is 12.2 Å². The van der Waals surface area contributed by atoms with E-state index in [1.54, 1.807) is 6.92 Å². The minimum absolute atomic E-state index is 0.0569. The normalized spacial score (nSPS) is 16.4. The van der Waals surface area contributed by atoms with Crippen molar-refractivity contribution in [3.05, 3.63) is 18.0 Å². The predicted molar refractivity (Wildman–Crippen MR) is 50.2 cm³/mol. The molecule has 1 heterocycles. The van der Waals surface area contributed by atoms with Gasteiger partial charge in [-0.15, -0.1) is 0 Å². The third-order valence-corrected chi connectivity index (χ3v) is 2.06. The number of halogens is 3. The van der Waals surface area contributed by atoms with Crippen LogP contribution in [0.2, 0.25) is 0 Å². The van der Waals surface area contributed by atoms with Crippen LogP contribution in [0.1, 0.15) is 32.0 Å². The van der Waals surface area contributed by atoms with Crippen molar-refractivity contribution in [2.75, 3.05) is 0 Å². The van der Waals surface area contributed by atoms with E-state index in [0.717, 1.165) is 6.07 Å². The Morgan fingerprint density at radius 1 is 1.47 bits per heavy atom. The lowest BCUT2D eigenvalue weighted by Crippen LogP contribution is -2.21. The molecule has 0 fully saturated rings. The molecule has 2 N–H and O–H groups in total. The van der Waals surface area contributed by atoms with E-state index in [9.17, 15) is 13.2 Å². The summed E-state index contributed by atoms with van der Waals surface area (Å²) in [6.45, 7) is 3.60. The van der Waals surface area contributed by atoms with Crippen molar-refractivity contribution < 1.29 is 13.2 Å². The maximum atomic E-state index is 12.2. The molecule has 0 saturated heterocycles. The van der Waals surface area contributed by atoms with Gasteiger partial charge in [-0.1, -0.05) is 0 Å². The molecule has 15 heavy (non-hydrogen) atoms. The van der Waals surface area contributed by atoms with E-state index in [0.29, 0.717) is 6.42 Å². The van der Waals surface area contributed by atoms with Crippen LogP contribution >= 0.6 is 0 Å². The summed E-state index contributed by atoms with van der Waals surface area (Å²) in [6, 6.07) is 0.789. The standard InChI is InChI=1S/C9H14F3N3/c1-6(13)5-7(2)15-4-3-8(14-15)9(10,11)12/h3-4,6-7H,5,13H2,1-2H3. The topological polar surface area (TPSA) is 43.8 Å². The summed E-state index contributed by atoms with van der Waals surface area (Å²) in [5.41, 5.74) is 4.70. The maximum absolute atomic E-state index is 12.2. The van der Waals surface area contributed by atoms with Gasteiger partial charge in [0.05, 0.1) is 6.04 Å². The van der Waals surface area contributed by atoms with Crippen molar-refractivity contribution >= 4 is 0 Å². The molecule has 6 heteroatoms. The summed E-state index contributed by atoms with van der Waals surface area (Å²) in [4.78, 5) is 0. The summed E-state index contributed by atoms with van der Waals surface area (Å²) in [5, 5.41) is 3.47. The van der Waals surface area contributed by atoms with Crippen molar-refractivity contribution in [3.8, 4) is 0 Å². The fourth-order valence-corrected chi connectivity index (χ4v) is 1.38. The smallest absolute Gasteiger partial charge is 0.328 e. The molecule has 1 rings (SSSR count). The first kappa shape index (κ1) is 12.0. The Morgan fingerprint density at radius 2 is 2.07 bits per heavy atom. The van der Waals surface area contributed by atoms with Gasteiger partial charge in [0.2, 0.25) is 0 Å². The third-order valence-electron chi connectivity index (χ3n) is 2.06. The quantitative estimate of drug-likeness (QED) is 0.850. The van der Waals surface area contributed by atoms with Crippen molar-refractivity contribution in [1.29, 1.82) is 0 Å². The lowest BCUT2D eigenvalue weighted by atomic mass is 10.1. The molecular formula is C9H14F3N3. The molecule has 0 aliphatic heterocycles. The van der Waals surface area contributed by atoms with Crippen LogP contribution < -0.4 is 5.73 Å². The summed E-state index contributed by atoms with van der Waals surface area (Å²) in [5.74, 6) is 0. The number of nitrogens with two attached hydrogens (primary N) is 1. The zero-order valence-electron chi connectivity index (χ0n) is 8.62. The molecule has 1 aromatic heterocycles. The van der Waals surface area contributed by atoms with Gasteiger partial charge < -0.3 is 5.73 Å². The SMILES string of the molecule is CC(N)CC(C)n1ccc(C(F)(F)F)n1. The first-order valence-corrected chi connectivity index (χ1v) is 4.68.